The number of anilines is 1. The van der Waals surface area contributed by atoms with Crippen molar-refractivity contribution in [3.63, 3.8) is 0 Å². The van der Waals surface area contributed by atoms with Crippen LogP contribution in [0, 0.1) is 0 Å². The molecule has 0 radical (unpaired) electrons. The molecule has 1 aliphatic rings. The van der Waals surface area contributed by atoms with E-state index in [4.69, 9.17) is 0 Å². The van der Waals surface area contributed by atoms with Crippen LogP contribution < -0.4 is 5.32 Å². The number of unbranched alkanes of at least 4 members (excludes halogenated alkanes) is 2. The van der Waals surface area contributed by atoms with Crippen LogP contribution in [0.15, 0.2) is 48.5 Å². The van der Waals surface area contributed by atoms with Crippen LogP contribution in [0.1, 0.15) is 52.0 Å². The van der Waals surface area contributed by atoms with E-state index in [-0.39, 0.29) is 36.4 Å². The van der Waals surface area contributed by atoms with Crippen molar-refractivity contribution in [1.82, 2.24) is 4.90 Å². The summed E-state index contributed by atoms with van der Waals surface area (Å²) in [5.74, 6) is -1.01. The van der Waals surface area contributed by atoms with Gasteiger partial charge < -0.3 is 5.32 Å². The number of nitrogens with one attached hydrogen (secondary N) is 1. The Morgan fingerprint density at radius 3 is 2.17 bits per heavy atom. The predicted octanol–water partition coefficient (Wildman–Crippen LogP) is 4.50. The summed E-state index contributed by atoms with van der Waals surface area (Å²) in [6.45, 7) is 0.265. The highest BCUT2D eigenvalue weighted by molar-refractivity contribution is 6.21. The van der Waals surface area contributed by atoms with Crippen molar-refractivity contribution in [2.24, 2.45) is 0 Å². The molecule has 0 saturated heterocycles. The quantitative estimate of drug-likeness (QED) is 0.546. The van der Waals surface area contributed by atoms with Gasteiger partial charge in [-0.3, -0.25) is 19.3 Å². The first-order chi connectivity index (χ1) is 13.8. The molecular formula is C21H19F3N2O3. The van der Waals surface area contributed by atoms with Crippen LogP contribution in [-0.4, -0.2) is 29.2 Å². The van der Waals surface area contributed by atoms with Crippen molar-refractivity contribution in [1.29, 1.82) is 0 Å². The Hall–Kier alpha value is -3.16. The van der Waals surface area contributed by atoms with Crippen LogP contribution in [0.4, 0.5) is 18.9 Å². The van der Waals surface area contributed by atoms with Crippen LogP contribution in [0.25, 0.3) is 0 Å². The average molecular weight is 404 g/mol. The minimum absolute atomic E-state index is 0.0934. The lowest BCUT2D eigenvalue weighted by atomic mass is 10.1. The summed E-state index contributed by atoms with van der Waals surface area (Å²) in [7, 11) is 0. The third kappa shape index (κ3) is 4.82. The number of hydrogen-bond acceptors (Lipinski definition) is 3. The van der Waals surface area contributed by atoms with E-state index in [0.29, 0.717) is 30.4 Å². The normalized spacial score (nSPS) is 13.6. The summed E-state index contributed by atoms with van der Waals surface area (Å²) in [5.41, 5.74) is 0.0722. The first-order valence-corrected chi connectivity index (χ1v) is 9.20. The Bertz CT molecular complexity index is 906. The van der Waals surface area contributed by atoms with Gasteiger partial charge in [-0.25, -0.2) is 0 Å². The smallest absolute Gasteiger partial charge is 0.326 e. The molecular weight excluding hydrogens is 385 g/mol. The van der Waals surface area contributed by atoms with Crippen LogP contribution in [0.5, 0.6) is 0 Å². The molecule has 29 heavy (non-hydrogen) atoms. The van der Waals surface area contributed by atoms with E-state index in [2.05, 4.69) is 5.32 Å². The van der Waals surface area contributed by atoms with E-state index >= 15 is 0 Å². The van der Waals surface area contributed by atoms with Gasteiger partial charge in [0.1, 0.15) is 0 Å². The lowest BCUT2D eigenvalue weighted by Crippen LogP contribution is -2.30. The second kappa shape index (κ2) is 8.46. The van der Waals surface area contributed by atoms with Crippen molar-refractivity contribution < 1.29 is 27.6 Å². The maximum Gasteiger partial charge on any atom is 0.416 e. The standard InChI is InChI=1S/C21H19F3N2O3/c22-21(23,24)14-7-6-8-15(13-14)25-18(27)11-2-1-5-12-26-19(28)16-9-3-4-10-17(16)20(26)29/h3-4,6-10,13H,1-2,5,11-12H2,(H,25,27). The molecule has 2 aromatic rings. The summed E-state index contributed by atoms with van der Waals surface area (Å²) in [6, 6.07) is 11.1. The molecule has 0 aromatic heterocycles. The molecule has 0 bridgehead atoms. The van der Waals surface area contributed by atoms with Gasteiger partial charge in [-0.1, -0.05) is 24.6 Å². The van der Waals surface area contributed by atoms with Gasteiger partial charge in [-0.05, 0) is 43.2 Å². The molecule has 5 nitrogen and oxygen atoms in total. The molecule has 152 valence electrons. The summed E-state index contributed by atoms with van der Waals surface area (Å²) < 4.78 is 38.1. The maximum atomic E-state index is 12.7. The van der Waals surface area contributed by atoms with E-state index in [1.807, 2.05) is 0 Å². The number of benzene rings is 2. The number of amides is 3. The molecule has 0 atom stereocenters. The van der Waals surface area contributed by atoms with E-state index in [0.717, 1.165) is 12.1 Å². The Morgan fingerprint density at radius 1 is 0.897 bits per heavy atom. The predicted molar refractivity (Wildman–Crippen MR) is 100 cm³/mol. The molecule has 1 heterocycles. The summed E-state index contributed by atoms with van der Waals surface area (Å²) in [5, 5.41) is 2.45. The largest absolute Gasteiger partial charge is 0.416 e. The Morgan fingerprint density at radius 2 is 1.55 bits per heavy atom. The SMILES string of the molecule is O=C(CCCCCN1C(=O)c2ccccc2C1=O)Nc1cccc(C(F)(F)F)c1. The molecule has 1 aliphatic heterocycles. The monoisotopic (exact) mass is 404 g/mol. The van der Waals surface area contributed by atoms with Crippen LogP contribution in [-0.2, 0) is 11.0 Å². The maximum absolute atomic E-state index is 12.7. The number of rotatable bonds is 7. The van der Waals surface area contributed by atoms with Gasteiger partial charge in [0.05, 0.1) is 16.7 Å². The molecule has 0 fully saturated rings. The number of carbonyl (C=O) groups excluding carboxylic acids is 3. The Balaban J connectivity index is 1.41. The van der Waals surface area contributed by atoms with Gasteiger partial charge in [0.2, 0.25) is 5.91 Å². The molecule has 0 spiro atoms. The highest BCUT2D eigenvalue weighted by Gasteiger charge is 2.34. The van der Waals surface area contributed by atoms with Gasteiger partial charge in [-0.2, -0.15) is 13.2 Å². The van der Waals surface area contributed by atoms with Crippen LogP contribution >= 0.6 is 0 Å². The number of fused-ring (bicyclic) bond motifs is 1. The Kier molecular flexibility index (Phi) is 6.00. The molecule has 1 N–H and O–H groups in total. The van der Waals surface area contributed by atoms with E-state index < -0.39 is 11.7 Å². The van der Waals surface area contributed by atoms with Gasteiger partial charge in [0.25, 0.3) is 11.8 Å². The van der Waals surface area contributed by atoms with Gasteiger partial charge >= 0.3 is 6.18 Å². The lowest BCUT2D eigenvalue weighted by Gasteiger charge is -2.13. The van der Waals surface area contributed by atoms with Gasteiger partial charge in [-0.15, -0.1) is 0 Å². The molecule has 3 amide bonds. The third-order valence-corrected chi connectivity index (χ3v) is 4.64. The molecule has 0 saturated carbocycles. The summed E-state index contributed by atoms with van der Waals surface area (Å²) in [6.07, 6.45) is -2.69. The second-order valence-electron chi connectivity index (χ2n) is 6.74. The highest BCUT2D eigenvalue weighted by Crippen LogP contribution is 2.30. The zero-order chi connectivity index (χ0) is 21.0. The number of carbonyl (C=O) groups is 3. The van der Waals surface area contributed by atoms with Crippen molar-refractivity contribution in [3.8, 4) is 0 Å². The summed E-state index contributed by atoms with van der Waals surface area (Å²) in [4.78, 5) is 37.6. The Labute approximate surface area is 165 Å². The number of imide groups is 1. The van der Waals surface area contributed by atoms with Crippen LogP contribution in [0.3, 0.4) is 0 Å². The third-order valence-electron chi connectivity index (χ3n) is 4.64. The number of halogens is 3. The zero-order valence-electron chi connectivity index (χ0n) is 15.5. The van der Waals surface area contributed by atoms with E-state index in [1.54, 1.807) is 24.3 Å². The molecule has 0 aliphatic carbocycles. The minimum Gasteiger partial charge on any atom is -0.326 e. The van der Waals surface area contributed by atoms with Crippen molar-refractivity contribution in [2.75, 3.05) is 11.9 Å². The zero-order valence-corrected chi connectivity index (χ0v) is 15.5. The topological polar surface area (TPSA) is 66.5 Å². The molecule has 2 aromatic carbocycles. The number of hydrogen-bond donors (Lipinski definition) is 1. The second-order valence-corrected chi connectivity index (χ2v) is 6.74. The summed E-state index contributed by atoms with van der Waals surface area (Å²) >= 11 is 0. The molecule has 8 heteroatoms. The highest BCUT2D eigenvalue weighted by atomic mass is 19.4. The average Bonchev–Trinajstić information content (AvgIpc) is 2.92. The van der Waals surface area contributed by atoms with Crippen molar-refractivity contribution in [2.45, 2.75) is 31.9 Å². The number of nitrogens with zero attached hydrogens (tertiary/aromatic N) is 1. The van der Waals surface area contributed by atoms with Gasteiger partial charge in [0, 0.05) is 18.7 Å². The van der Waals surface area contributed by atoms with Crippen molar-refractivity contribution in [3.05, 3.63) is 65.2 Å². The first-order valence-electron chi connectivity index (χ1n) is 9.20. The minimum atomic E-state index is -4.47. The molecule has 0 unspecified atom stereocenters. The fourth-order valence-electron chi connectivity index (χ4n) is 3.17. The van der Waals surface area contributed by atoms with E-state index in [9.17, 15) is 27.6 Å². The van der Waals surface area contributed by atoms with E-state index in [1.165, 1.54) is 17.0 Å². The fraction of sp³-hybridized carbons (Fsp3) is 0.286. The number of alkyl halides is 3. The van der Waals surface area contributed by atoms with Crippen molar-refractivity contribution >= 4 is 23.4 Å². The van der Waals surface area contributed by atoms with Crippen LogP contribution in [0.2, 0.25) is 0 Å². The molecule has 3 rings (SSSR count). The fourth-order valence-corrected chi connectivity index (χ4v) is 3.17. The first kappa shape index (κ1) is 20.6. The van der Waals surface area contributed by atoms with Gasteiger partial charge in [0.15, 0.2) is 0 Å². The lowest BCUT2D eigenvalue weighted by molar-refractivity contribution is -0.137.